The molecule has 5 heteroatoms. The molecule has 1 amide bonds. The summed E-state index contributed by atoms with van der Waals surface area (Å²) in [5, 5.41) is 3.31. The molecule has 0 saturated heterocycles. The van der Waals surface area contributed by atoms with Gasteiger partial charge in [-0.2, -0.15) is 0 Å². The summed E-state index contributed by atoms with van der Waals surface area (Å²) in [7, 11) is 0. The molecule has 0 unspecified atom stereocenters. The highest BCUT2D eigenvalue weighted by Gasteiger charge is 2.50. The maximum atomic E-state index is 12.1. The summed E-state index contributed by atoms with van der Waals surface area (Å²) in [6.45, 7) is 1.95. The Labute approximate surface area is 141 Å². The second kappa shape index (κ2) is 6.56. The molecule has 0 spiro atoms. The molecule has 124 valence electrons. The first-order valence-electron chi connectivity index (χ1n) is 8.19. The highest BCUT2D eigenvalue weighted by atomic mass is 32.2. The number of hydrogen-bond acceptors (Lipinski definition) is 4. The molecule has 0 radical (unpaired) electrons. The van der Waals surface area contributed by atoms with E-state index in [1.807, 2.05) is 30.3 Å². The molecular weight excluding hydrogens is 310 g/mol. The molecule has 0 aliphatic heterocycles. The highest BCUT2D eigenvalue weighted by molar-refractivity contribution is 8.14. The first-order valence-corrected chi connectivity index (χ1v) is 9.01. The van der Waals surface area contributed by atoms with Gasteiger partial charge in [0.05, 0.1) is 0 Å². The van der Waals surface area contributed by atoms with Crippen molar-refractivity contribution in [1.29, 1.82) is 0 Å². The van der Waals surface area contributed by atoms with Crippen LogP contribution in [0.3, 0.4) is 0 Å². The van der Waals surface area contributed by atoms with Crippen LogP contribution in [-0.2, 0) is 16.1 Å². The third-order valence-electron chi connectivity index (χ3n) is 5.12. The van der Waals surface area contributed by atoms with Crippen LogP contribution in [0, 0.1) is 0 Å². The van der Waals surface area contributed by atoms with Gasteiger partial charge in [0.2, 0.25) is 0 Å². The lowest BCUT2D eigenvalue weighted by Gasteiger charge is -2.52. The standard InChI is InChI=1S/C18H23NO3S/c1-14(20)23-18-10-7-17(8-11-18,9-12-18)19-16(21)22-13-15-5-3-2-4-6-15/h2-6H,7-13H2,1H3,(H,19,21). The zero-order valence-corrected chi connectivity index (χ0v) is 14.3. The molecule has 1 N–H and O–H groups in total. The Morgan fingerprint density at radius 3 is 2.26 bits per heavy atom. The summed E-state index contributed by atoms with van der Waals surface area (Å²) in [4.78, 5) is 23.6. The molecule has 3 aliphatic rings. The molecule has 3 fully saturated rings. The van der Waals surface area contributed by atoms with E-state index in [1.165, 1.54) is 11.8 Å². The number of fused-ring (bicyclic) bond motifs is 3. The predicted octanol–water partition coefficient (Wildman–Crippen LogP) is 4.04. The van der Waals surface area contributed by atoms with Crippen LogP contribution in [0.5, 0.6) is 0 Å². The van der Waals surface area contributed by atoms with E-state index in [0.717, 1.165) is 44.1 Å². The summed E-state index contributed by atoms with van der Waals surface area (Å²) >= 11 is 1.50. The smallest absolute Gasteiger partial charge is 0.407 e. The van der Waals surface area contributed by atoms with Crippen LogP contribution in [0.15, 0.2) is 30.3 Å². The molecule has 23 heavy (non-hydrogen) atoms. The van der Waals surface area contributed by atoms with E-state index in [1.54, 1.807) is 6.92 Å². The molecule has 0 atom stereocenters. The van der Waals surface area contributed by atoms with Gasteiger partial charge in [-0.15, -0.1) is 0 Å². The van der Waals surface area contributed by atoms with Gasteiger partial charge in [-0.3, -0.25) is 4.79 Å². The minimum atomic E-state index is -0.331. The summed E-state index contributed by atoms with van der Waals surface area (Å²) in [5.41, 5.74) is 0.858. The van der Waals surface area contributed by atoms with E-state index in [4.69, 9.17) is 4.74 Å². The van der Waals surface area contributed by atoms with E-state index in [9.17, 15) is 9.59 Å². The van der Waals surface area contributed by atoms with Crippen molar-refractivity contribution in [2.24, 2.45) is 0 Å². The Hall–Kier alpha value is -1.49. The normalized spacial score (nSPS) is 29.1. The number of hydrogen-bond donors (Lipinski definition) is 1. The molecule has 3 saturated carbocycles. The average molecular weight is 333 g/mol. The Kier molecular flexibility index (Phi) is 4.67. The van der Waals surface area contributed by atoms with Crippen molar-refractivity contribution in [2.45, 2.75) is 62.3 Å². The molecule has 0 heterocycles. The summed E-state index contributed by atoms with van der Waals surface area (Å²) < 4.78 is 5.47. The zero-order valence-electron chi connectivity index (χ0n) is 13.5. The lowest BCUT2D eigenvalue weighted by molar-refractivity contribution is -0.109. The van der Waals surface area contributed by atoms with Crippen molar-refractivity contribution >= 4 is 23.0 Å². The second-order valence-corrected chi connectivity index (χ2v) is 8.39. The molecule has 2 bridgehead atoms. The average Bonchev–Trinajstić information content (AvgIpc) is 2.55. The molecule has 4 nitrogen and oxygen atoms in total. The Balaban J connectivity index is 1.51. The van der Waals surface area contributed by atoms with Crippen LogP contribution in [0.2, 0.25) is 0 Å². The molecule has 3 aliphatic carbocycles. The number of rotatable bonds is 4. The number of thioether (sulfide) groups is 1. The summed E-state index contributed by atoms with van der Waals surface area (Å²) in [6, 6.07) is 9.70. The Bertz CT molecular complexity index is 563. The van der Waals surface area contributed by atoms with Gasteiger partial charge in [0.25, 0.3) is 0 Å². The number of benzene rings is 1. The largest absolute Gasteiger partial charge is 0.445 e. The van der Waals surface area contributed by atoms with Gasteiger partial charge in [-0.05, 0) is 44.1 Å². The minimum Gasteiger partial charge on any atom is -0.445 e. The van der Waals surface area contributed by atoms with Crippen LogP contribution < -0.4 is 5.32 Å². The number of amides is 1. The topological polar surface area (TPSA) is 55.4 Å². The van der Waals surface area contributed by atoms with Gasteiger partial charge in [0.1, 0.15) is 6.61 Å². The first kappa shape index (κ1) is 16.4. The Morgan fingerprint density at radius 2 is 1.70 bits per heavy atom. The van der Waals surface area contributed by atoms with E-state index in [-0.39, 0.29) is 21.5 Å². The molecule has 1 aromatic rings. The van der Waals surface area contributed by atoms with Crippen LogP contribution in [-0.4, -0.2) is 21.5 Å². The Morgan fingerprint density at radius 1 is 1.09 bits per heavy atom. The van der Waals surface area contributed by atoms with Gasteiger partial charge >= 0.3 is 6.09 Å². The highest BCUT2D eigenvalue weighted by Crippen LogP contribution is 2.53. The third kappa shape index (κ3) is 3.89. The van der Waals surface area contributed by atoms with Crippen molar-refractivity contribution in [3.63, 3.8) is 0 Å². The van der Waals surface area contributed by atoms with Crippen molar-refractivity contribution in [2.75, 3.05) is 0 Å². The lowest BCUT2D eigenvalue weighted by Crippen LogP contribution is -2.58. The summed E-state index contributed by atoms with van der Waals surface area (Å²) in [6.07, 6.45) is 5.47. The first-order chi connectivity index (χ1) is 11.0. The fourth-order valence-electron chi connectivity index (χ4n) is 3.77. The maximum absolute atomic E-state index is 12.1. The van der Waals surface area contributed by atoms with Gasteiger partial charge < -0.3 is 10.1 Å². The van der Waals surface area contributed by atoms with Gasteiger partial charge in [-0.1, -0.05) is 42.1 Å². The SMILES string of the molecule is CC(=O)SC12CCC(NC(=O)OCc3ccccc3)(CC1)CC2. The lowest BCUT2D eigenvalue weighted by atomic mass is 9.65. The van der Waals surface area contributed by atoms with Crippen molar-refractivity contribution in [1.82, 2.24) is 5.32 Å². The van der Waals surface area contributed by atoms with E-state index < -0.39 is 0 Å². The number of alkyl carbamates (subject to hydrolysis) is 1. The quantitative estimate of drug-likeness (QED) is 0.903. The van der Waals surface area contributed by atoms with Gasteiger partial charge in [0.15, 0.2) is 5.12 Å². The van der Waals surface area contributed by atoms with Gasteiger partial charge in [0, 0.05) is 17.2 Å². The van der Waals surface area contributed by atoms with Crippen LogP contribution in [0.4, 0.5) is 4.79 Å². The number of ether oxygens (including phenoxy) is 1. The third-order valence-corrected chi connectivity index (χ3v) is 6.45. The van der Waals surface area contributed by atoms with Crippen LogP contribution in [0.25, 0.3) is 0 Å². The number of nitrogens with one attached hydrogen (secondary N) is 1. The monoisotopic (exact) mass is 333 g/mol. The fourth-order valence-corrected chi connectivity index (χ4v) is 4.99. The molecular formula is C18H23NO3S. The second-order valence-electron chi connectivity index (χ2n) is 6.74. The molecule has 1 aromatic carbocycles. The van der Waals surface area contributed by atoms with Crippen LogP contribution in [0.1, 0.15) is 51.0 Å². The van der Waals surface area contributed by atoms with Gasteiger partial charge in [-0.25, -0.2) is 4.79 Å². The van der Waals surface area contributed by atoms with Crippen molar-refractivity contribution in [3.05, 3.63) is 35.9 Å². The van der Waals surface area contributed by atoms with Crippen LogP contribution >= 0.6 is 11.8 Å². The zero-order chi connectivity index (χ0) is 16.3. The van der Waals surface area contributed by atoms with E-state index in [2.05, 4.69) is 5.32 Å². The molecule has 4 rings (SSSR count). The molecule has 0 aromatic heterocycles. The van der Waals surface area contributed by atoms with Crippen molar-refractivity contribution in [3.8, 4) is 0 Å². The fraction of sp³-hybridized carbons (Fsp3) is 0.556. The number of carbonyl (C=O) groups excluding carboxylic acids is 2. The van der Waals surface area contributed by atoms with E-state index >= 15 is 0 Å². The predicted molar refractivity (Wildman–Crippen MR) is 91.2 cm³/mol. The van der Waals surface area contributed by atoms with Crippen molar-refractivity contribution < 1.29 is 14.3 Å². The summed E-state index contributed by atoms with van der Waals surface area (Å²) in [5.74, 6) is 0. The maximum Gasteiger partial charge on any atom is 0.407 e. The number of carbonyl (C=O) groups is 2. The van der Waals surface area contributed by atoms with E-state index in [0.29, 0.717) is 6.61 Å². The minimum absolute atomic E-state index is 0.114.